The molecule has 0 spiro atoms. The summed E-state index contributed by atoms with van der Waals surface area (Å²) in [6, 6.07) is 3.52. The molecule has 1 saturated heterocycles. The molecule has 1 atom stereocenters. The molecule has 0 saturated carbocycles. The fourth-order valence-corrected chi connectivity index (χ4v) is 3.61. The number of nitrogens with one attached hydrogen (secondary N) is 1. The van der Waals surface area contributed by atoms with Crippen molar-refractivity contribution in [2.24, 2.45) is 0 Å². The fourth-order valence-electron chi connectivity index (χ4n) is 2.13. The Labute approximate surface area is 112 Å². The third-order valence-corrected chi connectivity index (χ3v) is 4.74. The van der Waals surface area contributed by atoms with Crippen LogP contribution in [0.15, 0.2) is 23.1 Å². The van der Waals surface area contributed by atoms with Crippen LogP contribution in [0.1, 0.15) is 19.8 Å². The molecule has 7 heteroatoms. The van der Waals surface area contributed by atoms with Crippen molar-refractivity contribution in [1.82, 2.24) is 4.72 Å². The topological polar surface area (TPSA) is 81.4 Å². The Morgan fingerprint density at radius 2 is 2.21 bits per heavy atom. The summed E-state index contributed by atoms with van der Waals surface area (Å²) in [5.74, 6) is -0.854. The second kappa shape index (κ2) is 5.07. The van der Waals surface area contributed by atoms with E-state index < -0.39 is 26.3 Å². The van der Waals surface area contributed by atoms with Gasteiger partial charge in [-0.3, -0.25) is 0 Å². The van der Waals surface area contributed by atoms with Gasteiger partial charge in [0.15, 0.2) is 0 Å². The Kier molecular flexibility index (Phi) is 3.80. The third-order valence-electron chi connectivity index (χ3n) is 3.06. The van der Waals surface area contributed by atoms with Crippen LogP contribution in [0.2, 0.25) is 0 Å². The minimum absolute atomic E-state index is 0.184. The number of nitrogen functional groups attached to an aromatic ring is 1. The predicted molar refractivity (Wildman–Crippen MR) is 69.6 cm³/mol. The van der Waals surface area contributed by atoms with Crippen LogP contribution in [0, 0.1) is 5.82 Å². The standard InChI is InChI=1S/C12H17FN2O3S/c1-12(5-2-6-18-8-12)15-19(16,17)11-4-3-9(14)7-10(11)13/h3-4,7,15H,2,5-6,8,14H2,1H3. The van der Waals surface area contributed by atoms with E-state index in [4.69, 9.17) is 10.5 Å². The number of anilines is 1. The van der Waals surface area contributed by atoms with Crippen molar-refractivity contribution < 1.29 is 17.5 Å². The number of nitrogens with two attached hydrogens (primary N) is 1. The second-order valence-corrected chi connectivity index (χ2v) is 6.66. The average Bonchev–Trinajstić information content (AvgIpc) is 2.27. The van der Waals surface area contributed by atoms with Crippen molar-refractivity contribution >= 4 is 15.7 Å². The van der Waals surface area contributed by atoms with Crippen LogP contribution in [0.3, 0.4) is 0 Å². The van der Waals surface area contributed by atoms with Gasteiger partial charge in [-0.2, -0.15) is 0 Å². The molecule has 5 nitrogen and oxygen atoms in total. The molecule has 1 unspecified atom stereocenters. The van der Waals surface area contributed by atoms with Gasteiger partial charge in [-0.15, -0.1) is 0 Å². The van der Waals surface area contributed by atoms with E-state index >= 15 is 0 Å². The first-order chi connectivity index (χ1) is 8.82. The van der Waals surface area contributed by atoms with Crippen LogP contribution in [-0.2, 0) is 14.8 Å². The highest BCUT2D eigenvalue weighted by Gasteiger charge is 2.33. The Bertz CT molecular complexity index is 568. The van der Waals surface area contributed by atoms with Gasteiger partial charge in [-0.1, -0.05) is 0 Å². The van der Waals surface area contributed by atoms with E-state index in [1.54, 1.807) is 6.92 Å². The first kappa shape index (κ1) is 14.2. The Morgan fingerprint density at radius 1 is 1.47 bits per heavy atom. The second-order valence-electron chi connectivity index (χ2n) is 5.01. The summed E-state index contributed by atoms with van der Waals surface area (Å²) < 4.78 is 45.9. The molecule has 0 radical (unpaired) electrons. The number of ether oxygens (including phenoxy) is 1. The quantitative estimate of drug-likeness (QED) is 0.820. The first-order valence-corrected chi connectivity index (χ1v) is 7.47. The van der Waals surface area contributed by atoms with Gasteiger partial charge in [-0.05, 0) is 38.0 Å². The van der Waals surface area contributed by atoms with Crippen LogP contribution >= 0.6 is 0 Å². The minimum atomic E-state index is -3.93. The molecule has 1 fully saturated rings. The number of benzene rings is 1. The smallest absolute Gasteiger partial charge is 0.244 e. The molecule has 106 valence electrons. The van der Waals surface area contributed by atoms with E-state index in [0.717, 1.165) is 12.5 Å². The lowest BCUT2D eigenvalue weighted by atomic mass is 9.97. The fraction of sp³-hybridized carbons (Fsp3) is 0.500. The van der Waals surface area contributed by atoms with E-state index in [-0.39, 0.29) is 12.3 Å². The highest BCUT2D eigenvalue weighted by molar-refractivity contribution is 7.89. The first-order valence-electron chi connectivity index (χ1n) is 5.99. The summed E-state index contributed by atoms with van der Waals surface area (Å²) in [6.07, 6.45) is 1.42. The average molecular weight is 288 g/mol. The van der Waals surface area contributed by atoms with Gasteiger partial charge in [0.25, 0.3) is 0 Å². The summed E-state index contributed by atoms with van der Waals surface area (Å²) >= 11 is 0. The van der Waals surface area contributed by atoms with Gasteiger partial charge < -0.3 is 10.5 Å². The molecule has 0 aromatic heterocycles. The van der Waals surface area contributed by atoms with Crippen molar-refractivity contribution in [3.8, 4) is 0 Å². The summed E-state index contributed by atoms with van der Waals surface area (Å²) in [7, 11) is -3.93. The van der Waals surface area contributed by atoms with Gasteiger partial charge in [0.05, 0.1) is 12.1 Å². The Hall–Kier alpha value is -1.18. The Morgan fingerprint density at radius 3 is 2.79 bits per heavy atom. The van der Waals surface area contributed by atoms with Crippen molar-refractivity contribution in [2.75, 3.05) is 18.9 Å². The maximum atomic E-state index is 13.7. The largest absolute Gasteiger partial charge is 0.399 e. The zero-order valence-corrected chi connectivity index (χ0v) is 11.5. The van der Waals surface area contributed by atoms with Gasteiger partial charge in [0, 0.05) is 12.3 Å². The lowest BCUT2D eigenvalue weighted by Crippen LogP contribution is -2.51. The molecular formula is C12H17FN2O3S. The normalized spacial score (nSPS) is 24.3. The van der Waals surface area contributed by atoms with Crippen LogP contribution < -0.4 is 10.5 Å². The molecule has 0 aliphatic carbocycles. The molecule has 1 aromatic rings. The molecule has 19 heavy (non-hydrogen) atoms. The molecule has 1 aliphatic rings. The van der Waals surface area contributed by atoms with Crippen molar-refractivity contribution in [1.29, 1.82) is 0 Å². The molecule has 0 bridgehead atoms. The van der Waals surface area contributed by atoms with Gasteiger partial charge in [-0.25, -0.2) is 17.5 Å². The zero-order valence-electron chi connectivity index (χ0n) is 10.6. The van der Waals surface area contributed by atoms with E-state index in [1.807, 2.05) is 0 Å². The summed E-state index contributed by atoms with van der Waals surface area (Å²) in [4.78, 5) is -0.395. The molecule has 1 heterocycles. The monoisotopic (exact) mass is 288 g/mol. The summed E-state index contributed by atoms with van der Waals surface area (Å²) in [6.45, 7) is 2.65. The van der Waals surface area contributed by atoms with Gasteiger partial charge in [0.1, 0.15) is 10.7 Å². The maximum absolute atomic E-state index is 13.7. The number of halogens is 1. The van der Waals surface area contributed by atoms with Crippen molar-refractivity contribution in [3.63, 3.8) is 0 Å². The number of rotatable bonds is 3. The van der Waals surface area contributed by atoms with Crippen molar-refractivity contribution in [2.45, 2.75) is 30.2 Å². The van der Waals surface area contributed by atoms with Gasteiger partial charge in [0.2, 0.25) is 10.0 Å². The summed E-state index contributed by atoms with van der Waals surface area (Å²) in [5, 5.41) is 0. The number of sulfonamides is 1. The van der Waals surface area contributed by atoms with Crippen molar-refractivity contribution in [3.05, 3.63) is 24.0 Å². The van der Waals surface area contributed by atoms with Crippen LogP contribution in [0.5, 0.6) is 0 Å². The minimum Gasteiger partial charge on any atom is -0.399 e. The number of hydrogen-bond donors (Lipinski definition) is 2. The molecular weight excluding hydrogens is 271 g/mol. The molecule has 2 rings (SSSR count). The van der Waals surface area contributed by atoms with Crippen LogP contribution in [0.25, 0.3) is 0 Å². The molecule has 3 N–H and O–H groups in total. The SMILES string of the molecule is CC1(NS(=O)(=O)c2ccc(N)cc2F)CCCOC1. The molecule has 1 aromatic carbocycles. The van der Waals surface area contributed by atoms with Crippen LogP contribution in [0.4, 0.5) is 10.1 Å². The molecule has 0 amide bonds. The van der Waals surface area contributed by atoms with E-state index in [9.17, 15) is 12.8 Å². The lowest BCUT2D eigenvalue weighted by molar-refractivity contribution is 0.0386. The van der Waals surface area contributed by atoms with E-state index in [0.29, 0.717) is 13.0 Å². The lowest BCUT2D eigenvalue weighted by Gasteiger charge is -2.33. The zero-order chi connectivity index (χ0) is 14.1. The predicted octanol–water partition coefficient (Wildman–Crippen LogP) is 1.26. The maximum Gasteiger partial charge on any atom is 0.244 e. The van der Waals surface area contributed by atoms with E-state index in [1.165, 1.54) is 12.1 Å². The highest BCUT2D eigenvalue weighted by atomic mass is 32.2. The van der Waals surface area contributed by atoms with Gasteiger partial charge >= 0.3 is 0 Å². The van der Waals surface area contributed by atoms with E-state index in [2.05, 4.69) is 4.72 Å². The molecule has 1 aliphatic heterocycles. The Balaban J connectivity index is 2.27. The van der Waals surface area contributed by atoms with Crippen LogP contribution in [-0.4, -0.2) is 27.2 Å². The summed E-state index contributed by atoms with van der Waals surface area (Å²) in [5.41, 5.74) is 4.89. The number of hydrogen-bond acceptors (Lipinski definition) is 4. The third kappa shape index (κ3) is 3.23. The highest BCUT2D eigenvalue weighted by Crippen LogP contribution is 2.23.